The Labute approximate surface area is 201 Å². The summed E-state index contributed by atoms with van der Waals surface area (Å²) in [5, 5.41) is 6.72. The van der Waals surface area contributed by atoms with Crippen molar-refractivity contribution in [1.82, 2.24) is 14.8 Å². The van der Waals surface area contributed by atoms with Gasteiger partial charge in [0.05, 0.1) is 13.7 Å². The van der Waals surface area contributed by atoms with Crippen molar-refractivity contribution in [1.29, 1.82) is 0 Å². The highest BCUT2D eigenvalue weighted by molar-refractivity contribution is 7.89. The quantitative estimate of drug-likeness (QED) is 0.540. The van der Waals surface area contributed by atoms with Crippen molar-refractivity contribution < 1.29 is 27.2 Å². The van der Waals surface area contributed by atoms with Gasteiger partial charge in [0.1, 0.15) is 10.6 Å². The first-order chi connectivity index (χ1) is 16.1. The van der Waals surface area contributed by atoms with Crippen LogP contribution in [0, 0.1) is 25.7 Å². The number of sulfonamides is 1. The molecule has 1 aliphatic rings. The third-order valence-electron chi connectivity index (χ3n) is 6.04. The number of hydrogen-bond donors (Lipinski definition) is 1. The Morgan fingerprint density at radius 1 is 1.24 bits per heavy atom. The van der Waals surface area contributed by atoms with E-state index in [0.717, 1.165) is 12.0 Å². The van der Waals surface area contributed by atoms with Crippen molar-refractivity contribution in [3.05, 3.63) is 35.2 Å². The van der Waals surface area contributed by atoms with Crippen molar-refractivity contribution in [3.8, 4) is 11.5 Å². The lowest BCUT2D eigenvalue weighted by atomic mass is 9.97. The molecule has 1 saturated heterocycles. The number of hydrogen-bond acceptors (Lipinski definition) is 7. The molecule has 3 rings (SSSR count). The second-order valence-electron chi connectivity index (χ2n) is 9.07. The molecule has 1 aromatic carbocycles. The zero-order valence-corrected chi connectivity index (χ0v) is 21.4. The van der Waals surface area contributed by atoms with Crippen LogP contribution in [0.3, 0.4) is 0 Å². The molecule has 9 nitrogen and oxygen atoms in total. The summed E-state index contributed by atoms with van der Waals surface area (Å²) in [7, 11) is -2.09. The van der Waals surface area contributed by atoms with E-state index in [2.05, 4.69) is 24.3 Å². The Kier molecular flexibility index (Phi) is 8.59. The highest BCUT2D eigenvalue weighted by Gasteiger charge is 2.35. The van der Waals surface area contributed by atoms with E-state index in [1.807, 2.05) is 18.2 Å². The molecule has 1 amide bonds. The first kappa shape index (κ1) is 26.0. The van der Waals surface area contributed by atoms with Gasteiger partial charge in [-0.25, -0.2) is 8.42 Å². The Bertz CT molecular complexity index is 1070. The van der Waals surface area contributed by atoms with Gasteiger partial charge in [-0.05, 0) is 56.7 Å². The van der Waals surface area contributed by atoms with E-state index < -0.39 is 10.0 Å². The predicted molar refractivity (Wildman–Crippen MR) is 127 cm³/mol. The average molecular weight is 494 g/mol. The molecule has 0 saturated carbocycles. The number of ether oxygens (including phenoxy) is 2. The summed E-state index contributed by atoms with van der Waals surface area (Å²) in [6.07, 6.45) is 1.88. The lowest BCUT2D eigenvalue weighted by Gasteiger charge is -2.30. The van der Waals surface area contributed by atoms with Gasteiger partial charge in [-0.3, -0.25) is 4.79 Å². The fourth-order valence-electron chi connectivity index (χ4n) is 4.01. The van der Waals surface area contributed by atoms with Crippen LogP contribution in [0.25, 0.3) is 0 Å². The van der Waals surface area contributed by atoms with Crippen LogP contribution in [0.1, 0.15) is 50.1 Å². The maximum Gasteiger partial charge on any atom is 0.248 e. The summed E-state index contributed by atoms with van der Waals surface area (Å²) in [4.78, 5) is 12.9. The lowest BCUT2D eigenvalue weighted by molar-refractivity contribution is -0.126. The van der Waals surface area contributed by atoms with Gasteiger partial charge in [0.25, 0.3) is 0 Å². The van der Waals surface area contributed by atoms with E-state index in [1.165, 1.54) is 4.31 Å². The lowest BCUT2D eigenvalue weighted by Crippen LogP contribution is -2.43. The van der Waals surface area contributed by atoms with E-state index in [4.69, 9.17) is 14.0 Å². The molecule has 0 atom stereocenters. The Morgan fingerprint density at radius 3 is 2.53 bits per heavy atom. The molecule has 2 aromatic rings. The molecule has 0 unspecified atom stereocenters. The van der Waals surface area contributed by atoms with Gasteiger partial charge in [0, 0.05) is 25.6 Å². The minimum absolute atomic E-state index is 0.0781. The van der Waals surface area contributed by atoms with Crippen LogP contribution in [0.15, 0.2) is 27.6 Å². The summed E-state index contributed by atoms with van der Waals surface area (Å²) in [6.45, 7) is 9.03. The van der Waals surface area contributed by atoms with Gasteiger partial charge < -0.3 is 19.3 Å². The molecule has 34 heavy (non-hydrogen) atoms. The number of rotatable bonds is 10. The fourth-order valence-corrected chi connectivity index (χ4v) is 5.77. The Hall–Kier alpha value is -2.59. The van der Waals surface area contributed by atoms with Gasteiger partial charge in [0.2, 0.25) is 15.9 Å². The molecule has 0 spiro atoms. The van der Waals surface area contributed by atoms with Crippen LogP contribution in [-0.2, 0) is 21.4 Å². The molecule has 0 aliphatic carbocycles. The topological polar surface area (TPSA) is 111 Å². The third kappa shape index (κ3) is 6.09. The molecular formula is C24H35N3O6S. The number of piperidine rings is 1. The monoisotopic (exact) mass is 493 g/mol. The molecule has 1 aromatic heterocycles. The molecule has 0 bridgehead atoms. The SMILES string of the molecule is COc1cc(CNC(=O)C2CCN(S(=O)(=O)c3c(C)noc3C)CC2)ccc1OCCC(C)C. The molecule has 188 valence electrons. The van der Waals surface area contributed by atoms with E-state index in [0.29, 0.717) is 49.1 Å². The van der Waals surface area contributed by atoms with Gasteiger partial charge in [0.15, 0.2) is 17.3 Å². The number of nitrogens with zero attached hydrogens (tertiary/aromatic N) is 2. The second kappa shape index (κ2) is 11.2. The number of benzene rings is 1. The van der Waals surface area contributed by atoms with Gasteiger partial charge >= 0.3 is 0 Å². The predicted octanol–water partition coefficient (Wildman–Crippen LogP) is 3.44. The van der Waals surface area contributed by atoms with Gasteiger partial charge in [-0.1, -0.05) is 25.1 Å². The molecule has 1 N–H and O–H groups in total. The minimum atomic E-state index is -3.69. The molecule has 2 heterocycles. The minimum Gasteiger partial charge on any atom is -0.493 e. The van der Waals surface area contributed by atoms with Gasteiger partial charge in [-0.2, -0.15) is 4.31 Å². The standard InChI is InChI=1S/C24H35N3O6S/c1-16(2)10-13-32-21-7-6-19(14-22(21)31-5)15-25-24(28)20-8-11-27(12-9-20)34(29,30)23-17(3)26-33-18(23)4/h6-7,14,16,20H,8-13,15H2,1-5H3,(H,25,28). The first-order valence-electron chi connectivity index (χ1n) is 11.6. The molecule has 0 radical (unpaired) electrons. The normalized spacial score (nSPS) is 15.5. The number of methoxy groups -OCH3 is 1. The zero-order chi connectivity index (χ0) is 24.9. The van der Waals surface area contributed by atoms with Crippen LogP contribution >= 0.6 is 0 Å². The van der Waals surface area contributed by atoms with Gasteiger partial charge in [-0.15, -0.1) is 0 Å². The summed E-state index contributed by atoms with van der Waals surface area (Å²) in [5.74, 6) is 1.84. The van der Waals surface area contributed by atoms with Crippen molar-refractivity contribution in [2.75, 3.05) is 26.8 Å². The van der Waals surface area contributed by atoms with Crippen LogP contribution in [0.4, 0.5) is 0 Å². The number of nitrogens with one attached hydrogen (secondary N) is 1. The molecule has 10 heteroatoms. The number of carbonyl (C=O) groups excluding carboxylic acids is 1. The smallest absolute Gasteiger partial charge is 0.248 e. The fraction of sp³-hybridized carbons (Fsp3) is 0.583. The van der Waals surface area contributed by atoms with Crippen LogP contribution in [0.2, 0.25) is 0 Å². The first-order valence-corrected chi connectivity index (χ1v) is 13.1. The third-order valence-corrected chi connectivity index (χ3v) is 8.18. The number of aromatic nitrogens is 1. The number of amides is 1. The highest BCUT2D eigenvalue weighted by Crippen LogP contribution is 2.29. The zero-order valence-electron chi connectivity index (χ0n) is 20.6. The van der Waals surface area contributed by atoms with E-state index >= 15 is 0 Å². The summed E-state index contributed by atoms with van der Waals surface area (Å²) in [5.41, 5.74) is 1.25. The number of carbonyl (C=O) groups is 1. The Morgan fingerprint density at radius 2 is 1.94 bits per heavy atom. The highest BCUT2D eigenvalue weighted by atomic mass is 32.2. The van der Waals surface area contributed by atoms with E-state index in [1.54, 1.807) is 21.0 Å². The molecular weight excluding hydrogens is 458 g/mol. The van der Waals surface area contributed by atoms with Crippen molar-refractivity contribution >= 4 is 15.9 Å². The van der Waals surface area contributed by atoms with Crippen LogP contribution in [0.5, 0.6) is 11.5 Å². The van der Waals surface area contributed by atoms with Crippen molar-refractivity contribution in [3.63, 3.8) is 0 Å². The van der Waals surface area contributed by atoms with Crippen molar-refractivity contribution in [2.24, 2.45) is 11.8 Å². The summed E-state index contributed by atoms with van der Waals surface area (Å²) < 4.78 is 43.6. The van der Waals surface area contributed by atoms with E-state index in [-0.39, 0.29) is 35.6 Å². The van der Waals surface area contributed by atoms with Crippen molar-refractivity contribution in [2.45, 2.75) is 58.4 Å². The maximum absolute atomic E-state index is 13.0. The van der Waals surface area contributed by atoms with Crippen LogP contribution in [-0.4, -0.2) is 50.6 Å². The van der Waals surface area contributed by atoms with Crippen LogP contribution < -0.4 is 14.8 Å². The van der Waals surface area contributed by atoms with E-state index in [9.17, 15) is 13.2 Å². The summed E-state index contributed by atoms with van der Waals surface area (Å²) >= 11 is 0. The second-order valence-corrected chi connectivity index (χ2v) is 10.9. The largest absolute Gasteiger partial charge is 0.493 e. The number of aryl methyl sites for hydroxylation is 2. The molecule has 1 aliphatic heterocycles. The molecule has 1 fully saturated rings. The summed E-state index contributed by atoms with van der Waals surface area (Å²) in [6, 6.07) is 5.63. The maximum atomic E-state index is 13.0. The average Bonchev–Trinajstić information content (AvgIpc) is 3.16. The Balaban J connectivity index is 1.52.